The lowest BCUT2D eigenvalue weighted by atomic mass is 9.30. The Kier molecular flexibility index (Phi) is 9.89. The van der Waals surface area contributed by atoms with Gasteiger partial charge in [-0.3, -0.25) is 14.9 Å². The second kappa shape index (κ2) is 15.6. The molecule has 1 aromatic heterocycles. The first kappa shape index (κ1) is 46.3. The van der Waals surface area contributed by atoms with Gasteiger partial charge in [0.2, 0.25) is 0 Å². The van der Waals surface area contributed by atoms with Crippen molar-refractivity contribution in [3.8, 4) is 11.8 Å². The minimum Gasteiger partial charge on any atom is -0.469 e. The molecule has 7 heterocycles. The quantitative estimate of drug-likeness (QED) is 0.155. The molecule has 11 fully saturated rings. The normalized spacial score (nSPS) is 49.8. The molecule has 13 aliphatic rings. The van der Waals surface area contributed by atoms with E-state index in [1.54, 1.807) is 6.26 Å². The Bertz CT molecular complexity index is 2740. The molecule has 388 valence electrons. The van der Waals surface area contributed by atoms with Gasteiger partial charge in [-0.15, -0.1) is 0 Å². The van der Waals surface area contributed by atoms with E-state index in [4.69, 9.17) is 23.4 Å². The highest BCUT2D eigenvalue weighted by Crippen LogP contribution is 2.85. The first-order valence-electron chi connectivity index (χ1n) is 28.6. The number of hydrogen-bond donors (Lipinski definition) is 3. The van der Waals surface area contributed by atoms with Crippen LogP contribution in [0, 0.1) is 92.7 Å². The minimum absolute atomic E-state index is 0.0196. The van der Waals surface area contributed by atoms with Gasteiger partial charge >= 0.3 is 11.9 Å². The summed E-state index contributed by atoms with van der Waals surface area (Å²) in [6.45, 7) is 8.13. The molecule has 6 saturated carbocycles. The van der Waals surface area contributed by atoms with Gasteiger partial charge in [-0.2, -0.15) is 0 Å². The highest BCUT2D eigenvalue weighted by atomic mass is 16.7. The van der Waals surface area contributed by atoms with Gasteiger partial charge in [0.25, 0.3) is 0 Å². The fraction of sp³-hybridized carbons (Fsp3) is 0.721. The summed E-state index contributed by atoms with van der Waals surface area (Å²) in [6.07, 6.45) is 14.8. The van der Waals surface area contributed by atoms with Crippen LogP contribution in [-0.2, 0) is 51.8 Å². The van der Waals surface area contributed by atoms with E-state index in [1.165, 1.54) is 5.56 Å². The number of Topliss-reactive ketones (excluding diaryl/α,β-unsaturated/α-hetero) is 1. The first-order chi connectivity index (χ1) is 35.2. The number of nitrogens with one attached hydrogen (secondary N) is 1. The smallest absolute Gasteiger partial charge is 0.339 e. The summed E-state index contributed by atoms with van der Waals surface area (Å²) >= 11 is 0. The number of rotatable bonds is 5. The molecule has 3 N–H and O–H groups in total. The summed E-state index contributed by atoms with van der Waals surface area (Å²) in [5, 5.41) is 29.7. The van der Waals surface area contributed by atoms with Crippen molar-refractivity contribution >= 4 is 17.7 Å². The van der Waals surface area contributed by atoms with Crippen molar-refractivity contribution in [1.29, 1.82) is 0 Å². The van der Waals surface area contributed by atoms with Crippen LogP contribution in [0.3, 0.4) is 0 Å². The fourth-order valence-electron chi connectivity index (χ4n) is 21.4. The van der Waals surface area contributed by atoms with E-state index in [0.717, 1.165) is 76.6 Å². The molecule has 4 bridgehead atoms. The summed E-state index contributed by atoms with van der Waals surface area (Å²) in [5.74, 6) is 7.58. The maximum absolute atomic E-state index is 16.3. The van der Waals surface area contributed by atoms with Crippen molar-refractivity contribution in [3.05, 3.63) is 71.8 Å². The van der Waals surface area contributed by atoms with Crippen LogP contribution in [0.2, 0.25) is 0 Å². The Hall–Kier alpha value is -3.99. The molecule has 15 rings (SSSR count). The molecular weight excluding hydrogens is 921 g/mol. The number of ketones is 1. The van der Waals surface area contributed by atoms with Gasteiger partial charge in [-0.25, -0.2) is 4.79 Å². The monoisotopic (exact) mass is 995 g/mol. The molecule has 4 spiro atoms. The zero-order valence-corrected chi connectivity index (χ0v) is 42.9. The highest BCUT2D eigenvalue weighted by molar-refractivity contribution is 5.93. The maximum atomic E-state index is 16.3. The van der Waals surface area contributed by atoms with E-state index >= 15 is 9.59 Å². The molecule has 73 heavy (non-hydrogen) atoms. The highest BCUT2D eigenvalue weighted by Gasteiger charge is 2.95. The number of benzene rings is 1. The van der Waals surface area contributed by atoms with Crippen LogP contribution >= 0.6 is 0 Å². The Morgan fingerprint density at radius 2 is 1.73 bits per heavy atom. The van der Waals surface area contributed by atoms with Crippen LogP contribution in [-0.4, -0.2) is 94.3 Å². The molecule has 12 heteroatoms. The third kappa shape index (κ3) is 5.65. The third-order valence-corrected chi connectivity index (χ3v) is 24.0. The summed E-state index contributed by atoms with van der Waals surface area (Å²) in [5.41, 5.74) is -5.96. The first-order valence-corrected chi connectivity index (χ1v) is 28.6. The number of furan rings is 1. The molecule has 0 amide bonds. The average Bonchev–Trinajstić information content (AvgIpc) is 3.84. The number of fused-ring (bicyclic) bond motifs is 6. The maximum Gasteiger partial charge on any atom is 0.339 e. The second-order valence-electron chi connectivity index (χ2n) is 26.8. The van der Waals surface area contributed by atoms with Crippen LogP contribution in [0.1, 0.15) is 128 Å². The van der Waals surface area contributed by atoms with E-state index in [9.17, 15) is 15.0 Å². The number of carbonyl (C=O) groups is 3. The Morgan fingerprint density at radius 1 is 0.890 bits per heavy atom. The molecule has 7 aliphatic carbocycles. The van der Waals surface area contributed by atoms with Gasteiger partial charge in [-0.05, 0) is 156 Å². The summed E-state index contributed by atoms with van der Waals surface area (Å²) < 4.78 is 35.1. The zero-order chi connectivity index (χ0) is 49.7. The summed E-state index contributed by atoms with van der Waals surface area (Å²) in [4.78, 5) is 48.7. The van der Waals surface area contributed by atoms with Gasteiger partial charge in [0.1, 0.15) is 24.1 Å². The molecule has 5 saturated heterocycles. The van der Waals surface area contributed by atoms with Crippen molar-refractivity contribution in [3.63, 3.8) is 0 Å². The Labute approximate surface area is 429 Å². The SMILES string of the molecule is CC1(C)OC2C3(CCCC3)C(=O)OCC23C1C(=O)C(O)C12C4CC(Cc5ccccc5)CCC4C#CCC4(c5ccoc5CC5C(O)CCC6CC7C(C=CN8CNCC78)CC65)OC(=O)C5OC51C4(C)CCC32. The van der Waals surface area contributed by atoms with E-state index in [-0.39, 0.29) is 48.5 Å². The van der Waals surface area contributed by atoms with Gasteiger partial charge in [0, 0.05) is 46.7 Å². The second-order valence-corrected chi connectivity index (χ2v) is 26.8. The van der Waals surface area contributed by atoms with Crippen LogP contribution in [0.15, 0.2) is 59.4 Å². The van der Waals surface area contributed by atoms with Gasteiger partial charge < -0.3 is 38.5 Å². The number of cyclic esters (lactones) is 1. The number of carbonyl (C=O) groups excluding carboxylic acids is 3. The van der Waals surface area contributed by atoms with Crippen molar-refractivity contribution in [2.45, 2.75) is 171 Å². The van der Waals surface area contributed by atoms with Crippen LogP contribution in [0.4, 0.5) is 0 Å². The van der Waals surface area contributed by atoms with Crippen molar-refractivity contribution in [2.75, 3.05) is 19.8 Å². The Balaban J connectivity index is 0.891. The summed E-state index contributed by atoms with van der Waals surface area (Å²) in [7, 11) is 0. The molecule has 6 aliphatic heterocycles. The number of aliphatic hydroxyl groups is 2. The molecule has 0 radical (unpaired) electrons. The lowest BCUT2D eigenvalue weighted by Gasteiger charge is -2.72. The topological polar surface area (TPSA) is 160 Å². The molecule has 1 aromatic carbocycles. The van der Waals surface area contributed by atoms with E-state index < -0.39 is 80.7 Å². The number of aliphatic hydroxyl groups excluding tert-OH is 2. The number of esters is 2. The number of nitrogens with zero attached hydrogens (tertiary/aromatic N) is 1. The predicted molar refractivity (Wildman–Crippen MR) is 265 cm³/mol. The molecule has 2 aromatic rings. The molecule has 20 unspecified atom stereocenters. The Morgan fingerprint density at radius 3 is 2.56 bits per heavy atom. The third-order valence-electron chi connectivity index (χ3n) is 24.0. The lowest BCUT2D eigenvalue weighted by molar-refractivity contribution is -0.301. The standard InChI is InChI=1S/C61H74N2O10/c1-55(2)49-48(65)50(66)60-43-27-35(26-34-10-5-4-6-11-34)13-14-36(43)12-9-22-59(42-19-25-69-46(42)30-41-39-28-38-18-24-63-33-62-31-44(63)40(38)29-37(39)15-16-45(41)64)56(3,61(60)51(71-61)52(67)72-59)23-17-47(60)58(49)32-70-54(68)57(53(58)73-55)20-7-8-21-57/h4-6,10-11,18-19,24-25,35-41,43-45,47,49-51,53,62,64,66H,7-8,13-17,20-23,26-33H2,1-3H3. The van der Waals surface area contributed by atoms with Crippen LogP contribution < -0.4 is 5.32 Å². The fourth-order valence-corrected chi connectivity index (χ4v) is 21.4. The van der Waals surface area contributed by atoms with Gasteiger partial charge in [0.05, 0.1) is 48.5 Å². The molecule has 20 atom stereocenters. The lowest BCUT2D eigenvalue weighted by Crippen LogP contribution is -2.81. The van der Waals surface area contributed by atoms with Gasteiger partial charge in [0.15, 0.2) is 17.5 Å². The molecule has 12 nitrogen and oxygen atoms in total. The minimum atomic E-state index is -1.52. The number of allylic oxidation sites excluding steroid dienone is 1. The van der Waals surface area contributed by atoms with Crippen LogP contribution in [0.5, 0.6) is 0 Å². The van der Waals surface area contributed by atoms with Crippen LogP contribution in [0.25, 0.3) is 0 Å². The average molecular weight is 995 g/mol. The number of hydrogen-bond acceptors (Lipinski definition) is 12. The van der Waals surface area contributed by atoms with E-state index in [1.807, 2.05) is 26.0 Å². The van der Waals surface area contributed by atoms with Crippen molar-refractivity contribution in [2.24, 2.45) is 80.8 Å². The predicted octanol–water partition coefficient (Wildman–Crippen LogP) is 7.43. The van der Waals surface area contributed by atoms with Crippen molar-refractivity contribution in [1.82, 2.24) is 10.2 Å². The van der Waals surface area contributed by atoms with E-state index in [0.29, 0.717) is 74.0 Å². The largest absolute Gasteiger partial charge is 0.469 e. The number of epoxide rings is 1. The number of ether oxygens (including phenoxy) is 4. The van der Waals surface area contributed by atoms with Gasteiger partial charge in [-0.1, -0.05) is 68.0 Å². The summed E-state index contributed by atoms with van der Waals surface area (Å²) in [6, 6.07) is 13.1. The molecular formula is C61H74N2O10. The zero-order valence-electron chi connectivity index (χ0n) is 42.9. The van der Waals surface area contributed by atoms with Crippen molar-refractivity contribution < 1.29 is 48.0 Å². The van der Waals surface area contributed by atoms with E-state index in [2.05, 4.69) is 65.5 Å².